The number of hydrogen-bond donors (Lipinski definition) is 2. The van der Waals surface area contributed by atoms with Gasteiger partial charge in [0, 0.05) is 10.6 Å². The van der Waals surface area contributed by atoms with Crippen molar-refractivity contribution in [3.05, 3.63) is 27.7 Å². The topological polar surface area (TPSA) is 89.3 Å². The van der Waals surface area contributed by atoms with Crippen LogP contribution in [0.2, 0.25) is 10.0 Å². The fourth-order valence-corrected chi connectivity index (χ4v) is 3.65. The van der Waals surface area contributed by atoms with E-state index < -0.39 is 15.9 Å². The van der Waals surface area contributed by atoms with Gasteiger partial charge in [-0.2, -0.15) is 0 Å². The van der Waals surface area contributed by atoms with Crippen molar-refractivity contribution in [2.45, 2.75) is 37.1 Å². The van der Waals surface area contributed by atoms with Crippen LogP contribution < -0.4 is 10.5 Å². The Labute approximate surface area is 133 Å². The van der Waals surface area contributed by atoms with Gasteiger partial charge in [-0.05, 0) is 44.7 Å². The van der Waals surface area contributed by atoms with Gasteiger partial charge in [0.1, 0.15) is 4.90 Å². The zero-order valence-electron chi connectivity index (χ0n) is 11.6. The molecule has 3 N–H and O–H groups in total. The first-order chi connectivity index (χ1) is 9.52. The van der Waals surface area contributed by atoms with E-state index in [1.54, 1.807) is 0 Å². The quantitative estimate of drug-likeness (QED) is 0.874. The van der Waals surface area contributed by atoms with E-state index in [2.05, 4.69) is 5.32 Å². The van der Waals surface area contributed by atoms with Gasteiger partial charge >= 0.3 is 0 Å². The Morgan fingerprint density at radius 3 is 2.38 bits per heavy atom. The van der Waals surface area contributed by atoms with Crippen LogP contribution in [0, 0.1) is 5.92 Å². The maximum atomic E-state index is 12.4. The lowest BCUT2D eigenvalue weighted by Gasteiger charge is -2.26. The van der Waals surface area contributed by atoms with Gasteiger partial charge in [0.05, 0.1) is 10.6 Å². The number of hydrogen-bond acceptors (Lipinski definition) is 3. The molecule has 1 saturated carbocycles. The van der Waals surface area contributed by atoms with Gasteiger partial charge in [-0.3, -0.25) is 4.79 Å². The third-order valence-corrected chi connectivity index (χ3v) is 5.26. The molecule has 8 heteroatoms. The van der Waals surface area contributed by atoms with Gasteiger partial charge in [-0.25, -0.2) is 13.6 Å². The lowest BCUT2D eigenvalue weighted by atomic mass is 9.98. The van der Waals surface area contributed by atoms with Crippen molar-refractivity contribution in [1.82, 2.24) is 5.32 Å². The first-order valence-electron chi connectivity index (χ1n) is 6.37. The average molecular weight is 351 g/mol. The summed E-state index contributed by atoms with van der Waals surface area (Å²) in [5, 5.41) is 7.81. The molecule has 1 aliphatic rings. The molecule has 0 heterocycles. The molecule has 0 aliphatic heterocycles. The van der Waals surface area contributed by atoms with E-state index >= 15 is 0 Å². The van der Waals surface area contributed by atoms with E-state index in [0.29, 0.717) is 5.92 Å². The second-order valence-corrected chi connectivity index (χ2v) is 8.10. The normalized spacial score (nSPS) is 15.9. The minimum absolute atomic E-state index is 0.00177. The van der Waals surface area contributed by atoms with Crippen molar-refractivity contribution in [2.24, 2.45) is 11.1 Å². The van der Waals surface area contributed by atoms with Crippen molar-refractivity contribution in [3.8, 4) is 0 Å². The SMILES string of the molecule is CC(C)(NC(=O)c1cc(Cl)cc(S(N)(=O)=O)c1Cl)C1CC1. The minimum Gasteiger partial charge on any atom is -0.347 e. The summed E-state index contributed by atoms with van der Waals surface area (Å²) in [6.07, 6.45) is 2.11. The summed E-state index contributed by atoms with van der Waals surface area (Å²) in [6, 6.07) is 2.46. The number of nitrogens with one attached hydrogen (secondary N) is 1. The summed E-state index contributed by atoms with van der Waals surface area (Å²) in [5.41, 5.74) is -0.383. The molecule has 21 heavy (non-hydrogen) atoms. The summed E-state index contributed by atoms with van der Waals surface area (Å²) in [6.45, 7) is 3.84. The summed E-state index contributed by atoms with van der Waals surface area (Å²) >= 11 is 11.9. The Kier molecular flexibility index (Phi) is 4.28. The van der Waals surface area contributed by atoms with Gasteiger partial charge in [-0.1, -0.05) is 23.2 Å². The predicted molar refractivity (Wildman–Crippen MR) is 82.1 cm³/mol. The highest BCUT2D eigenvalue weighted by Crippen LogP contribution is 2.39. The van der Waals surface area contributed by atoms with Gasteiger partial charge in [-0.15, -0.1) is 0 Å². The van der Waals surface area contributed by atoms with E-state index in [0.717, 1.165) is 18.9 Å². The number of sulfonamides is 1. The predicted octanol–water partition coefficient (Wildman–Crippen LogP) is 2.56. The second kappa shape index (κ2) is 5.43. The van der Waals surface area contributed by atoms with E-state index in [4.69, 9.17) is 28.3 Å². The van der Waals surface area contributed by atoms with Crippen LogP contribution in [0.1, 0.15) is 37.0 Å². The van der Waals surface area contributed by atoms with Gasteiger partial charge in [0.2, 0.25) is 10.0 Å². The summed E-state index contributed by atoms with van der Waals surface area (Å²) in [7, 11) is -4.06. The molecular formula is C13H16Cl2N2O3S. The first kappa shape index (κ1) is 16.5. The zero-order valence-corrected chi connectivity index (χ0v) is 13.9. The molecule has 0 radical (unpaired) electrons. The molecule has 116 valence electrons. The van der Waals surface area contributed by atoms with Gasteiger partial charge in [0.15, 0.2) is 0 Å². The van der Waals surface area contributed by atoms with E-state index in [9.17, 15) is 13.2 Å². The molecule has 0 atom stereocenters. The first-order valence-corrected chi connectivity index (χ1v) is 8.67. The Bertz CT molecular complexity index is 698. The molecule has 0 bridgehead atoms. The van der Waals surface area contributed by atoms with Crippen molar-refractivity contribution >= 4 is 39.1 Å². The van der Waals surface area contributed by atoms with Crippen LogP contribution in [0.25, 0.3) is 0 Å². The van der Waals surface area contributed by atoms with E-state index in [1.807, 2.05) is 13.8 Å². The monoisotopic (exact) mass is 350 g/mol. The van der Waals surface area contributed by atoms with Crippen LogP contribution in [-0.4, -0.2) is 19.9 Å². The molecule has 0 saturated heterocycles. The molecule has 1 aliphatic carbocycles. The molecule has 0 spiro atoms. The van der Waals surface area contributed by atoms with Crippen molar-refractivity contribution in [2.75, 3.05) is 0 Å². The molecule has 1 aromatic carbocycles. The fraction of sp³-hybridized carbons (Fsp3) is 0.462. The zero-order chi connectivity index (χ0) is 16.0. The molecule has 0 unspecified atom stereocenters. The van der Waals surface area contributed by atoms with Crippen LogP contribution >= 0.6 is 23.2 Å². The molecular weight excluding hydrogens is 335 g/mol. The number of nitrogens with two attached hydrogens (primary N) is 1. The van der Waals surface area contributed by atoms with Crippen LogP contribution in [0.15, 0.2) is 17.0 Å². The van der Waals surface area contributed by atoms with Crippen LogP contribution in [0.4, 0.5) is 0 Å². The highest BCUT2D eigenvalue weighted by molar-refractivity contribution is 7.89. The minimum atomic E-state index is -4.06. The smallest absolute Gasteiger partial charge is 0.253 e. The van der Waals surface area contributed by atoms with E-state index in [-0.39, 0.29) is 26.0 Å². The molecule has 1 fully saturated rings. The Morgan fingerprint density at radius 1 is 1.33 bits per heavy atom. The number of amides is 1. The van der Waals surface area contributed by atoms with Crippen molar-refractivity contribution in [1.29, 1.82) is 0 Å². The van der Waals surface area contributed by atoms with Crippen LogP contribution in [0.5, 0.6) is 0 Å². The second-order valence-electron chi connectivity index (χ2n) is 5.76. The molecule has 2 rings (SSSR count). The number of halogens is 2. The standard InChI is InChI=1S/C13H16Cl2N2O3S/c1-13(2,7-3-4-7)17-12(18)9-5-8(14)6-10(11(9)15)21(16,19)20/h5-7H,3-4H2,1-2H3,(H,17,18)(H2,16,19,20). The van der Waals surface area contributed by atoms with Gasteiger partial charge in [0.25, 0.3) is 5.91 Å². The number of carbonyl (C=O) groups excluding carboxylic acids is 1. The lowest BCUT2D eigenvalue weighted by molar-refractivity contribution is 0.0903. The molecule has 1 aromatic rings. The highest BCUT2D eigenvalue weighted by Gasteiger charge is 2.39. The number of carbonyl (C=O) groups is 1. The average Bonchev–Trinajstić information content (AvgIpc) is 3.13. The highest BCUT2D eigenvalue weighted by atomic mass is 35.5. The summed E-state index contributed by atoms with van der Waals surface area (Å²) < 4.78 is 23.0. The van der Waals surface area contributed by atoms with Crippen molar-refractivity contribution in [3.63, 3.8) is 0 Å². The number of benzene rings is 1. The third kappa shape index (κ3) is 3.69. The Morgan fingerprint density at radius 2 is 1.90 bits per heavy atom. The molecule has 0 aromatic heterocycles. The van der Waals surface area contributed by atoms with Crippen molar-refractivity contribution < 1.29 is 13.2 Å². The maximum absolute atomic E-state index is 12.4. The molecule has 1 amide bonds. The number of primary sulfonamides is 1. The third-order valence-electron chi connectivity index (χ3n) is 3.59. The lowest BCUT2D eigenvalue weighted by Crippen LogP contribution is -2.45. The fourth-order valence-electron chi connectivity index (χ4n) is 2.20. The maximum Gasteiger partial charge on any atom is 0.253 e. The number of rotatable bonds is 4. The Balaban J connectivity index is 2.39. The van der Waals surface area contributed by atoms with Crippen LogP contribution in [-0.2, 0) is 10.0 Å². The Hall–Kier alpha value is -0.820. The summed E-state index contributed by atoms with van der Waals surface area (Å²) in [4.78, 5) is 12.0. The van der Waals surface area contributed by atoms with Crippen LogP contribution in [0.3, 0.4) is 0 Å². The molecule has 5 nitrogen and oxygen atoms in total. The van der Waals surface area contributed by atoms with Gasteiger partial charge < -0.3 is 5.32 Å². The largest absolute Gasteiger partial charge is 0.347 e. The summed E-state index contributed by atoms with van der Waals surface area (Å²) in [5.74, 6) is -0.0542. The van der Waals surface area contributed by atoms with E-state index in [1.165, 1.54) is 6.07 Å².